The highest BCUT2D eigenvalue weighted by atomic mass is 35.5. The number of fused-ring (bicyclic) bond motifs is 1. The zero-order valence-electron chi connectivity index (χ0n) is 21.5. The van der Waals surface area contributed by atoms with E-state index in [0.29, 0.717) is 33.1 Å². The Morgan fingerprint density at radius 1 is 0.975 bits per heavy atom. The number of halogens is 4. The second kappa shape index (κ2) is 10.5. The molecule has 40 heavy (non-hydrogen) atoms. The van der Waals surface area contributed by atoms with Gasteiger partial charge in [-0.25, -0.2) is 9.50 Å². The molecule has 0 unspecified atom stereocenters. The molecule has 0 saturated carbocycles. The van der Waals surface area contributed by atoms with Gasteiger partial charge in [0.15, 0.2) is 34.4 Å². The van der Waals surface area contributed by atoms with Crippen molar-refractivity contribution in [3.05, 3.63) is 88.3 Å². The molecule has 0 fully saturated rings. The number of carbonyl (C=O) groups excluding carboxylic acids is 1. The summed E-state index contributed by atoms with van der Waals surface area (Å²) in [7, 11) is 2.87. The number of hydrogen-bond donors (Lipinski definition) is 1. The van der Waals surface area contributed by atoms with Gasteiger partial charge < -0.3 is 14.8 Å². The standard InChI is InChI=1S/C27H22ClF3N6O3/c1-15-10-24(35-36(15)14-16-4-7-18(28)8-5-16)33-26(38)20-13-25-32-19(12-23(27(29,30)31)37(25)34-20)17-6-9-21(39-2)22(11-17)40-3/h4-13H,14H2,1-3H3,(H,33,35,38). The highest BCUT2D eigenvalue weighted by Crippen LogP contribution is 2.35. The van der Waals surface area contributed by atoms with Crippen LogP contribution in [-0.2, 0) is 12.7 Å². The second-order valence-electron chi connectivity index (χ2n) is 8.80. The summed E-state index contributed by atoms with van der Waals surface area (Å²) in [6, 6.07) is 15.6. The lowest BCUT2D eigenvalue weighted by molar-refractivity contribution is -0.142. The van der Waals surface area contributed by atoms with Crippen molar-refractivity contribution < 1.29 is 27.4 Å². The molecule has 0 bridgehead atoms. The minimum Gasteiger partial charge on any atom is -0.493 e. The Morgan fingerprint density at radius 2 is 1.70 bits per heavy atom. The van der Waals surface area contributed by atoms with Crippen LogP contribution in [0.2, 0.25) is 5.02 Å². The van der Waals surface area contributed by atoms with Crippen LogP contribution in [0.15, 0.2) is 60.7 Å². The van der Waals surface area contributed by atoms with E-state index in [1.807, 2.05) is 19.1 Å². The Kier molecular flexibility index (Phi) is 7.11. The van der Waals surface area contributed by atoms with Crippen molar-refractivity contribution in [2.24, 2.45) is 0 Å². The lowest BCUT2D eigenvalue weighted by Gasteiger charge is -2.12. The van der Waals surface area contributed by atoms with Crippen LogP contribution in [0.4, 0.5) is 19.0 Å². The number of ether oxygens (including phenoxy) is 2. The van der Waals surface area contributed by atoms with Crippen LogP contribution in [-0.4, -0.2) is 44.5 Å². The van der Waals surface area contributed by atoms with Crippen LogP contribution in [0, 0.1) is 6.92 Å². The molecule has 3 heterocycles. The molecule has 0 aliphatic rings. The molecule has 1 N–H and O–H groups in total. The van der Waals surface area contributed by atoms with E-state index in [1.165, 1.54) is 26.4 Å². The first-order valence-electron chi connectivity index (χ1n) is 11.9. The molecule has 0 aliphatic heterocycles. The average Bonchev–Trinajstić information content (AvgIpc) is 3.51. The van der Waals surface area contributed by atoms with Crippen molar-refractivity contribution in [1.82, 2.24) is 24.4 Å². The number of nitrogens with one attached hydrogen (secondary N) is 1. The first-order chi connectivity index (χ1) is 19.0. The average molecular weight is 571 g/mol. The van der Waals surface area contributed by atoms with Gasteiger partial charge in [0.05, 0.1) is 26.5 Å². The van der Waals surface area contributed by atoms with Gasteiger partial charge in [-0.1, -0.05) is 23.7 Å². The summed E-state index contributed by atoms with van der Waals surface area (Å²) < 4.78 is 54.8. The number of alkyl halides is 3. The second-order valence-corrected chi connectivity index (χ2v) is 9.24. The number of benzene rings is 2. The molecule has 0 radical (unpaired) electrons. The first-order valence-corrected chi connectivity index (χ1v) is 12.2. The van der Waals surface area contributed by atoms with Crippen molar-refractivity contribution in [2.45, 2.75) is 19.6 Å². The van der Waals surface area contributed by atoms with Gasteiger partial charge in [0, 0.05) is 28.4 Å². The molecule has 9 nitrogen and oxygen atoms in total. The fourth-order valence-corrected chi connectivity index (χ4v) is 4.23. The van der Waals surface area contributed by atoms with E-state index in [1.54, 1.807) is 35.0 Å². The number of methoxy groups -OCH3 is 2. The van der Waals surface area contributed by atoms with Crippen molar-refractivity contribution in [3.63, 3.8) is 0 Å². The van der Waals surface area contributed by atoms with Gasteiger partial charge >= 0.3 is 6.18 Å². The largest absolute Gasteiger partial charge is 0.493 e. The molecule has 0 atom stereocenters. The minimum absolute atomic E-state index is 0.0178. The van der Waals surface area contributed by atoms with E-state index in [4.69, 9.17) is 21.1 Å². The summed E-state index contributed by atoms with van der Waals surface area (Å²) in [4.78, 5) is 17.3. The predicted molar refractivity (Wildman–Crippen MR) is 142 cm³/mol. The number of hydrogen-bond acceptors (Lipinski definition) is 6. The third-order valence-corrected chi connectivity index (χ3v) is 6.35. The maximum atomic E-state index is 14.0. The van der Waals surface area contributed by atoms with Crippen LogP contribution in [0.1, 0.15) is 27.4 Å². The molecule has 206 valence electrons. The van der Waals surface area contributed by atoms with Gasteiger partial charge in [-0.15, -0.1) is 0 Å². The van der Waals surface area contributed by atoms with Crippen LogP contribution in [0.5, 0.6) is 11.5 Å². The Morgan fingerprint density at radius 3 is 2.38 bits per heavy atom. The maximum absolute atomic E-state index is 14.0. The van der Waals surface area contributed by atoms with E-state index >= 15 is 0 Å². The molecule has 13 heteroatoms. The molecule has 2 aromatic carbocycles. The quantitative estimate of drug-likeness (QED) is 0.262. The smallest absolute Gasteiger partial charge is 0.433 e. The number of nitrogens with zero attached hydrogens (tertiary/aromatic N) is 5. The van der Waals surface area contributed by atoms with Crippen LogP contribution >= 0.6 is 11.6 Å². The van der Waals surface area contributed by atoms with E-state index in [2.05, 4.69) is 20.5 Å². The molecule has 0 saturated heterocycles. The maximum Gasteiger partial charge on any atom is 0.433 e. The number of carbonyl (C=O) groups is 1. The summed E-state index contributed by atoms with van der Waals surface area (Å²) in [6.07, 6.45) is -4.77. The van der Waals surface area contributed by atoms with Crippen LogP contribution in [0.3, 0.4) is 0 Å². The van der Waals surface area contributed by atoms with Gasteiger partial charge in [-0.05, 0) is 48.9 Å². The molecule has 1 amide bonds. The fraction of sp³-hybridized carbons (Fsp3) is 0.185. The SMILES string of the molecule is COc1ccc(-c2cc(C(F)(F)F)n3nc(C(=O)Nc4cc(C)n(Cc5ccc(Cl)cc5)n4)cc3n2)cc1OC. The summed E-state index contributed by atoms with van der Waals surface area (Å²) in [5.74, 6) is 0.234. The highest BCUT2D eigenvalue weighted by Gasteiger charge is 2.36. The lowest BCUT2D eigenvalue weighted by Crippen LogP contribution is -2.16. The van der Waals surface area contributed by atoms with Crippen molar-refractivity contribution in [3.8, 4) is 22.8 Å². The van der Waals surface area contributed by atoms with Crippen LogP contribution < -0.4 is 14.8 Å². The number of aromatic nitrogens is 5. The van der Waals surface area contributed by atoms with Gasteiger partial charge in [-0.3, -0.25) is 9.48 Å². The summed E-state index contributed by atoms with van der Waals surface area (Å²) in [5.41, 5.74) is 0.584. The molecule has 0 aliphatic carbocycles. The lowest BCUT2D eigenvalue weighted by atomic mass is 10.1. The predicted octanol–water partition coefficient (Wildman–Crippen LogP) is 5.89. The Balaban J connectivity index is 1.45. The van der Waals surface area contributed by atoms with Gasteiger partial charge in [0.25, 0.3) is 5.91 Å². The van der Waals surface area contributed by atoms with Crippen molar-refractivity contribution in [1.29, 1.82) is 0 Å². The monoisotopic (exact) mass is 570 g/mol. The van der Waals surface area contributed by atoms with Gasteiger partial charge in [0.2, 0.25) is 0 Å². The number of anilines is 1. The fourth-order valence-electron chi connectivity index (χ4n) is 4.11. The zero-order valence-corrected chi connectivity index (χ0v) is 22.2. The molecule has 0 spiro atoms. The first kappa shape index (κ1) is 27.0. The van der Waals surface area contributed by atoms with Crippen LogP contribution in [0.25, 0.3) is 16.9 Å². The molecule has 5 aromatic rings. The summed E-state index contributed by atoms with van der Waals surface area (Å²) in [5, 5.41) is 11.5. The Labute approximate surface area is 231 Å². The van der Waals surface area contributed by atoms with E-state index < -0.39 is 17.8 Å². The molecular weight excluding hydrogens is 549 g/mol. The summed E-state index contributed by atoms with van der Waals surface area (Å²) >= 11 is 5.94. The number of amides is 1. The van der Waals surface area contributed by atoms with Gasteiger partial charge in [-0.2, -0.15) is 23.4 Å². The highest BCUT2D eigenvalue weighted by molar-refractivity contribution is 6.30. The summed E-state index contributed by atoms with van der Waals surface area (Å²) in [6.45, 7) is 2.25. The van der Waals surface area contributed by atoms with Crippen molar-refractivity contribution in [2.75, 3.05) is 19.5 Å². The minimum atomic E-state index is -4.77. The van der Waals surface area contributed by atoms with Gasteiger partial charge in [0.1, 0.15) is 0 Å². The Bertz CT molecular complexity index is 1710. The van der Waals surface area contributed by atoms with E-state index in [-0.39, 0.29) is 22.9 Å². The topological polar surface area (TPSA) is 95.6 Å². The van der Waals surface area contributed by atoms with E-state index in [9.17, 15) is 18.0 Å². The normalized spacial score (nSPS) is 11.6. The number of rotatable bonds is 7. The van der Waals surface area contributed by atoms with Crippen molar-refractivity contribution >= 4 is 29.0 Å². The molecular formula is C27H22ClF3N6O3. The third-order valence-electron chi connectivity index (χ3n) is 6.10. The van der Waals surface area contributed by atoms with E-state index in [0.717, 1.165) is 17.3 Å². The zero-order chi connectivity index (χ0) is 28.6. The third kappa shape index (κ3) is 5.43. The Hall–Kier alpha value is -4.58. The number of aryl methyl sites for hydroxylation is 1. The molecule has 3 aromatic heterocycles. The molecule has 5 rings (SSSR count).